The molecule has 0 radical (unpaired) electrons. The smallest absolute Gasteiger partial charge is 0.221 e. The number of rotatable bonds is 2. The standard InChI is InChI=1S/C12H9IN4OS/c1-7(18)14-9-4-2-3-8(5-9)11-16-17-6-10(13)15-12(17)19-11/h2-6H,1H3,(H,14,18). The molecule has 3 rings (SSSR count). The fourth-order valence-electron chi connectivity index (χ4n) is 1.72. The number of amides is 1. The van der Waals surface area contributed by atoms with E-state index in [1.165, 1.54) is 18.3 Å². The zero-order valence-corrected chi connectivity index (χ0v) is 12.9. The van der Waals surface area contributed by atoms with Gasteiger partial charge in [-0.2, -0.15) is 5.10 Å². The molecule has 1 N–H and O–H groups in total. The quantitative estimate of drug-likeness (QED) is 0.692. The third-order valence-corrected chi connectivity index (χ3v) is 3.94. The largest absolute Gasteiger partial charge is 0.326 e. The van der Waals surface area contributed by atoms with Crippen molar-refractivity contribution in [3.05, 3.63) is 34.2 Å². The molecule has 3 aromatic rings. The van der Waals surface area contributed by atoms with Crippen LogP contribution in [0.2, 0.25) is 0 Å². The number of nitrogens with one attached hydrogen (secondary N) is 1. The summed E-state index contributed by atoms with van der Waals surface area (Å²) in [4.78, 5) is 16.3. The molecule has 5 nitrogen and oxygen atoms in total. The summed E-state index contributed by atoms with van der Waals surface area (Å²) in [5.74, 6) is -0.0827. The van der Waals surface area contributed by atoms with E-state index < -0.39 is 0 Å². The molecule has 2 aromatic heterocycles. The summed E-state index contributed by atoms with van der Waals surface area (Å²) < 4.78 is 2.70. The Kier molecular flexibility index (Phi) is 3.23. The number of hydrogen-bond donors (Lipinski definition) is 1. The van der Waals surface area contributed by atoms with Crippen LogP contribution in [0.1, 0.15) is 6.92 Å². The van der Waals surface area contributed by atoms with Crippen LogP contribution < -0.4 is 5.32 Å². The number of benzene rings is 1. The Morgan fingerprint density at radius 3 is 3.05 bits per heavy atom. The Morgan fingerprint density at radius 1 is 1.47 bits per heavy atom. The Balaban J connectivity index is 2.00. The molecule has 0 saturated carbocycles. The highest BCUT2D eigenvalue weighted by atomic mass is 127. The maximum Gasteiger partial charge on any atom is 0.221 e. The Morgan fingerprint density at radius 2 is 2.32 bits per heavy atom. The number of aromatic nitrogens is 3. The van der Waals surface area contributed by atoms with Gasteiger partial charge < -0.3 is 5.32 Å². The number of anilines is 1. The Bertz CT molecular complexity index is 733. The van der Waals surface area contributed by atoms with E-state index in [2.05, 4.69) is 38.0 Å². The van der Waals surface area contributed by atoms with E-state index in [-0.39, 0.29) is 5.91 Å². The molecule has 0 bridgehead atoms. The van der Waals surface area contributed by atoms with Crippen molar-refractivity contribution in [2.24, 2.45) is 0 Å². The summed E-state index contributed by atoms with van der Waals surface area (Å²) in [5.41, 5.74) is 1.74. The van der Waals surface area contributed by atoms with Gasteiger partial charge in [0.1, 0.15) is 8.71 Å². The third-order valence-electron chi connectivity index (χ3n) is 2.44. The second-order valence-corrected chi connectivity index (χ2v) is 6.02. The van der Waals surface area contributed by atoms with E-state index in [1.54, 1.807) is 4.52 Å². The van der Waals surface area contributed by atoms with Gasteiger partial charge in [-0.1, -0.05) is 23.5 Å². The molecule has 0 aliphatic rings. The molecule has 1 aromatic carbocycles. The first-order valence-corrected chi connectivity index (χ1v) is 7.41. The Labute approximate surface area is 126 Å². The summed E-state index contributed by atoms with van der Waals surface area (Å²) in [6.45, 7) is 1.49. The van der Waals surface area contributed by atoms with E-state index in [9.17, 15) is 4.79 Å². The summed E-state index contributed by atoms with van der Waals surface area (Å²) in [6.07, 6.45) is 1.88. The van der Waals surface area contributed by atoms with Crippen molar-refractivity contribution in [3.63, 3.8) is 0 Å². The molecule has 7 heteroatoms. The van der Waals surface area contributed by atoms with Gasteiger partial charge in [0.2, 0.25) is 10.9 Å². The van der Waals surface area contributed by atoms with Gasteiger partial charge in [0.25, 0.3) is 0 Å². The number of halogens is 1. The van der Waals surface area contributed by atoms with Crippen LogP contribution >= 0.6 is 33.9 Å². The average Bonchev–Trinajstić information content (AvgIpc) is 2.85. The van der Waals surface area contributed by atoms with Crippen molar-refractivity contribution in [1.29, 1.82) is 0 Å². The van der Waals surface area contributed by atoms with Gasteiger partial charge in [-0.05, 0) is 34.7 Å². The minimum absolute atomic E-state index is 0.0827. The van der Waals surface area contributed by atoms with Crippen LogP contribution in [-0.4, -0.2) is 20.5 Å². The van der Waals surface area contributed by atoms with Crippen LogP contribution in [0, 0.1) is 3.70 Å². The number of hydrogen-bond acceptors (Lipinski definition) is 4. The first-order chi connectivity index (χ1) is 9.11. The fraction of sp³-hybridized carbons (Fsp3) is 0.0833. The zero-order valence-electron chi connectivity index (χ0n) is 9.92. The topological polar surface area (TPSA) is 59.3 Å². The number of carbonyl (C=O) groups is 1. The van der Waals surface area contributed by atoms with Crippen molar-refractivity contribution >= 4 is 50.5 Å². The average molecular weight is 384 g/mol. The van der Waals surface area contributed by atoms with Crippen molar-refractivity contribution in [2.45, 2.75) is 6.92 Å². The highest BCUT2D eigenvalue weighted by Gasteiger charge is 2.09. The first kappa shape index (κ1) is 12.5. The molecular weight excluding hydrogens is 375 g/mol. The number of fused-ring (bicyclic) bond motifs is 1. The summed E-state index contributed by atoms with van der Waals surface area (Å²) in [7, 11) is 0. The molecule has 0 aliphatic carbocycles. The molecule has 0 spiro atoms. The maximum atomic E-state index is 11.1. The minimum Gasteiger partial charge on any atom is -0.326 e. The van der Waals surface area contributed by atoms with Crippen LogP contribution in [-0.2, 0) is 4.79 Å². The third kappa shape index (κ3) is 2.61. The van der Waals surface area contributed by atoms with Crippen molar-refractivity contribution in [3.8, 4) is 10.6 Å². The predicted molar refractivity (Wildman–Crippen MR) is 83.3 cm³/mol. The van der Waals surface area contributed by atoms with Crippen LogP contribution in [0.5, 0.6) is 0 Å². The zero-order chi connectivity index (χ0) is 13.4. The van der Waals surface area contributed by atoms with Gasteiger partial charge in [-0.3, -0.25) is 4.79 Å². The second-order valence-electron chi connectivity index (χ2n) is 3.96. The molecule has 0 unspecified atom stereocenters. The van der Waals surface area contributed by atoms with E-state index >= 15 is 0 Å². The normalized spacial score (nSPS) is 10.8. The summed E-state index contributed by atoms with van der Waals surface area (Å²) in [6, 6.07) is 7.63. The summed E-state index contributed by atoms with van der Waals surface area (Å²) in [5, 5.41) is 8.13. The highest BCUT2D eigenvalue weighted by molar-refractivity contribution is 14.1. The fourth-order valence-corrected chi connectivity index (χ4v) is 3.26. The summed E-state index contributed by atoms with van der Waals surface area (Å²) >= 11 is 3.68. The van der Waals surface area contributed by atoms with Crippen molar-refractivity contribution < 1.29 is 4.79 Å². The Hall–Kier alpha value is -1.48. The van der Waals surface area contributed by atoms with Gasteiger partial charge in [-0.15, -0.1) is 0 Å². The molecule has 0 fully saturated rings. The van der Waals surface area contributed by atoms with Gasteiger partial charge in [0, 0.05) is 18.2 Å². The molecule has 0 atom stereocenters. The molecule has 0 saturated heterocycles. The second kappa shape index (κ2) is 4.89. The van der Waals surface area contributed by atoms with Crippen molar-refractivity contribution in [2.75, 3.05) is 5.32 Å². The van der Waals surface area contributed by atoms with Gasteiger partial charge in [0.05, 0.1) is 6.20 Å². The lowest BCUT2D eigenvalue weighted by Gasteiger charge is -2.02. The van der Waals surface area contributed by atoms with Crippen LogP contribution in [0.4, 0.5) is 5.69 Å². The van der Waals surface area contributed by atoms with Crippen molar-refractivity contribution in [1.82, 2.24) is 14.6 Å². The van der Waals surface area contributed by atoms with Crippen LogP contribution in [0.25, 0.3) is 15.5 Å². The predicted octanol–water partition coefficient (Wildman–Crippen LogP) is 3.02. The van der Waals surface area contributed by atoms with E-state index in [1.807, 2.05) is 30.5 Å². The van der Waals surface area contributed by atoms with Gasteiger partial charge >= 0.3 is 0 Å². The highest BCUT2D eigenvalue weighted by Crippen LogP contribution is 2.27. The van der Waals surface area contributed by atoms with E-state index in [0.717, 1.165) is 24.9 Å². The lowest BCUT2D eigenvalue weighted by molar-refractivity contribution is -0.114. The molecule has 2 heterocycles. The molecule has 1 amide bonds. The number of nitrogens with zero attached hydrogens (tertiary/aromatic N) is 3. The van der Waals surface area contributed by atoms with Crippen LogP contribution in [0.3, 0.4) is 0 Å². The SMILES string of the molecule is CC(=O)Nc1cccc(-c2nn3cc(I)nc3s2)c1. The minimum atomic E-state index is -0.0827. The lowest BCUT2D eigenvalue weighted by atomic mass is 10.2. The maximum absolute atomic E-state index is 11.1. The first-order valence-electron chi connectivity index (χ1n) is 5.51. The molecule has 96 valence electrons. The lowest BCUT2D eigenvalue weighted by Crippen LogP contribution is -2.05. The number of imidazole rings is 1. The van der Waals surface area contributed by atoms with Crippen LogP contribution in [0.15, 0.2) is 30.5 Å². The molecule has 0 aliphatic heterocycles. The van der Waals surface area contributed by atoms with E-state index in [4.69, 9.17) is 0 Å². The van der Waals surface area contributed by atoms with Gasteiger partial charge in [-0.25, -0.2) is 9.50 Å². The monoisotopic (exact) mass is 384 g/mol. The van der Waals surface area contributed by atoms with E-state index in [0.29, 0.717) is 0 Å². The number of carbonyl (C=O) groups excluding carboxylic acids is 1. The van der Waals surface area contributed by atoms with Gasteiger partial charge in [0.15, 0.2) is 0 Å². The molecule has 19 heavy (non-hydrogen) atoms. The molecular formula is C12H9IN4OS.